The minimum absolute atomic E-state index is 0. The lowest BCUT2D eigenvalue weighted by Gasteiger charge is -2.32. The summed E-state index contributed by atoms with van der Waals surface area (Å²) in [4.78, 5) is 15.0. The Kier molecular flexibility index (Phi) is 8.90. The van der Waals surface area contributed by atoms with Gasteiger partial charge < -0.3 is 10.6 Å². The zero-order chi connectivity index (χ0) is 18.0. The van der Waals surface area contributed by atoms with Gasteiger partial charge in [0.2, 0.25) is 5.91 Å². The molecule has 4 nitrogen and oxygen atoms in total. The number of amides is 1. The van der Waals surface area contributed by atoms with E-state index in [4.69, 9.17) is 11.6 Å². The van der Waals surface area contributed by atoms with Gasteiger partial charge in [-0.3, -0.25) is 9.69 Å². The van der Waals surface area contributed by atoms with Gasteiger partial charge in [0.05, 0.1) is 0 Å². The molecule has 1 amide bonds. The monoisotopic (exact) mass is 447 g/mol. The number of hydrogen-bond donors (Lipinski definition) is 2. The number of nitrogens with zero attached hydrogens (tertiary/aromatic N) is 1. The molecule has 158 valence electrons. The maximum absolute atomic E-state index is 12.5. The van der Waals surface area contributed by atoms with Gasteiger partial charge in [-0.25, -0.2) is 0 Å². The molecule has 0 aromatic heterocycles. The van der Waals surface area contributed by atoms with Crippen molar-refractivity contribution in [3.05, 3.63) is 34.9 Å². The topological polar surface area (TPSA) is 44.4 Å². The lowest BCUT2D eigenvalue weighted by atomic mass is 9.91. The van der Waals surface area contributed by atoms with Gasteiger partial charge in [-0.1, -0.05) is 29.8 Å². The minimum Gasteiger partial charge on any atom is -0.356 e. The van der Waals surface area contributed by atoms with E-state index >= 15 is 0 Å². The Balaban J connectivity index is 0.00000140. The van der Waals surface area contributed by atoms with Crippen LogP contribution in [0.5, 0.6) is 0 Å². The molecule has 28 heavy (non-hydrogen) atoms. The average molecular weight is 449 g/mol. The van der Waals surface area contributed by atoms with Crippen molar-refractivity contribution in [2.75, 3.05) is 32.7 Å². The van der Waals surface area contributed by atoms with Crippen LogP contribution in [0.4, 0.5) is 0 Å². The van der Waals surface area contributed by atoms with E-state index in [-0.39, 0.29) is 30.7 Å². The van der Waals surface area contributed by atoms with Crippen LogP contribution in [-0.4, -0.2) is 43.5 Å². The highest BCUT2D eigenvalue weighted by atomic mass is 35.5. The van der Waals surface area contributed by atoms with E-state index in [1.807, 2.05) is 12.1 Å². The van der Waals surface area contributed by atoms with Crippen LogP contribution in [0.1, 0.15) is 37.7 Å². The van der Waals surface area contributed by atoms with E-state index in [2.05, 4.69) is 27.7 Å². The molecule has 1 aromatic rings. The highest BCUT2D eigenvalue weighted by Crippen LogP contribution is 2.58. The number of nitrogens with one attached hydrogen (secondary N) is 2. The summed E-state index contributed by atoms with van der Waals surface area (Å²) in [5.74, 6) is 1.21. The molecule has 1 unspecified atom stereocenters. The molecular formula is C21H32Cl3N3O. The molecule has 4 rings (SSSR count). The maximum atomic E-state index is 12.5. The van der Waals surface area contributed by atoms with Crippen molar-refractivity contribution in [1.82, 2.24) is 15.5 Å². The summed E-state index contributed by atoms with van der Waals surface area (Å²) >= 11 is 6.28. The van der Waals surface area contributed by atoms with Gasteiger partial charge in [-0.2, -0.15) is 0 Å². The Hall–Kier alpha value is -0.520. The predicted molar refractivity (Wildman–Crippen MR) is 120 cm³/mol. The highest BCUT2D eigenvalue weighted by molar-refractivity contribution is 6.31. The second-order valence-corrected chi connectivity index (χ2v) is 8.83. The molecule has 2 saturated heterocycles. The predicted octanol–water partition coefficient (Wildman–Crippen LogP) is 3.90. The van der Waals surface area contributed by atoms with Gasteiger partial charge >= 0.3 is 0 Å². The number of carbonyl (C=O) groups is 1. The zero-order valence-corrected chi connectivity index (χ0v) is 18.7. The first-order chi connectivity index (χ1) is 12.7. The first-order valence-electron chi connectivity index (χ1n) is 10.1. The molecule has 0 bridgehead atoms. The van der Waals surface area contributed by atoms with E-state index in [1.54, 1.807) is 0 Å². The maximum Gasteiger partial charge on any atom is 0.223 e. The molecule has 1 spiro atoms. The number of benzene rings is 1. The van der Waals surface area contributed by atoms with E-state index < -0.39 is 0 Å². The van der Waals surface area contributed by atoms with Crippen molar-refractivity contribution in [2.24, 2.45) is 17.3 Å². The lowest BCUT2D eigenvalue weighted by molar-refractivity contribution is -0.123. The molecule has 7 heteroatoms. The van der Waals surface area contributed by atoms with Crippen LogP contribution < -0.4 is 10.6 Å². The fourth-order valence-electron chi connectivity index (χ4n) is 4.78. The second kappa shape index (κ2) is 10.5. The summed E-state index contributed by atoms with van der Waals surface area (Å²) in [7, 11) is 0. The van der Waals surface area contributed by atoms with Crippen LogP contribution >= 0.6 is 36.4 Å². The van der Waals surface area contributed by atoms with Gasteiger partial charge in [-0.05, 0) is 81.2 Å². The number of hydrogen-bond acceptors (Lipinski definition) is 3. The van der Waals surface area contributed by atoms with Gasteiger partial charge in [0, 0.05) is 24.0 Å². The Morgan fingerprint density at radius 1 is 1.18 bits per heavy atom. The van der Waals surface area contributed by atoms with E-state index in [9.17, 15) is 4.79 Å². The Morgan fingerprint density at radius 2 is 1.86 bits per heavy atom. The smallest absolute Gasteiger partial charge is 0.223 e. The van der Waals surface area contributed by atoms with Crippen molar-refractivity contribution in [3.63, 3.8) is 0 Å². The number of carbonyl (C=O) groups excluding carboxylic acids is 1. The van der Waals surface area contributed by atoms with Crippen LogP contribution in [0.25, 0.3) is 0 Å². The Morgan fingerprint density at radius 3 is 2.54 bits per heavy atom. The van der Waals surface area contributed by atoms with E-state index in [0.29, 0.717) is 17.2 Å². The van der Waals surface area contributed by atoms with E-state index in [0.717, 1.165) is 63.6 Å². The van der Waals surface area contributed by atoms with Crippen LogP contribution in [0.2, 0.25) is 5.02 Å². The summed E-state index contributed by atoms with van der Waals surface area (Å²) in [6.45, 7) is 6.11. The second-order valence-electron chi connectivity index (χ2n) is 8.43. The Labute approximate surface area is 186 Å². The van der Waals surface area contributed by atoms with Crippen LogP contribution in [0.15, 0.2) is 24.3 Å². The number of rotatable bonds is 5. The summed E-state index contributed by atoms with van der Waals surface area (Å²) in [5.41, 5.74) is 1.55. The molecule has 1 aromatic carbocycles. The normalized spacial score (nSPS) is 24.1. The Bertz CT molecular complexity index is 644. The van der Waals surface area contributed by atoms with Crippen molar-refractivity contribution in [2.45, 2.75) is 38.6 Å². The number of piperidine rings is 2. The molecule has 1 saturated carbocycles. The van der Waals surface area contributed by atoms with Crippen LogP contribution in [0, 0.1) is 17.3 Å². The molecule has 2 N–H and O–H groups in total. The quantitative estimate of drug-likeness (QED) is 0.718. The lowest BCUT2D eigenvalue weighted by Crippen LogP contribution is -2.39. The molecule has 3 aliphatic rings. The van der Waals surface area contributed by atoms with Crippen molar-refractivity contribution >= 4 is 42.3 Å². The van der Waals surface area contributed by atoms with Crippen molar-refractivity contribution in [1.29, 1.82) is 0 Å². The van der Waals surface area contributed by atoms with Crippen LogP contribution in [0.3, 0.4) is 0 Å². The third-order valence-electron chi connectivity index (χ3n) is 6.73. The summed E-state index contributed by atoms with van der Waals surface area (Å²) in [6, 6.07) is 8.11. The average Bonchev–Trinajstić information content (AvgIpc) is 3.36. The van der Waals surface area contributed by atoms with E-state index in [1.165, 1.54) is 18.4 Å². The van der Waals surface area contributed by atoms with Crippen molar-refractivity contribution < 1.29 is 4.79 Å². The number of likely N-dealkylation sites (tertiary alicyclic amines) is 1. The first-order valence-corrected chi connectivity index (χ1v) is 10.5. The third kappa shape index (κ3) is 5.54. The fraction of sp³-hybridized carbons (Fsp3) is 0.667. The van der Waals surface area contributed by atoms with Crippen molar-refractivity contribution in [3.8, 4) is 0 Å². The SMILES string of the molecule is Cl.Cl.O=C(NCC1CCN(Cc2ccccc2Cl)CC1)C1CC12CCNCC2. The summed E-state index contributed by atoms with van der Waals surface area (Å²) < 4.78 is 0. The van der Waals surface area contributed by atoms with Gasteiger partial charge in [-0.15, -0.1) is 24.8 Å². The summed E-state index contributed by atoms with van der Waals surface area (Å²) in [5, 5.41) is 7.52. The van der Waals surface area contributed by atoms with Gasteiger partial charge in [0.1, 0.15) is 0 Å². The minimum atomic E-state index is 0. The molecular weight excluding hydrogens is 417 g/mol. The summed E-state index contributed by atoms with van der Waals surface area (Å²) in [6.07, 6.45) is 5.77. The van der Waals surface area contributed by atoms with Gasteiger partial charge in [0.15, 0.2) is 0 Å². The highest BCUT2D eigenvalue weighted by Gasteiger charge is 2.57. The molecule has 2 aliphatic heterocycles. The molecule has 0 radical (unpaired) electrons. The molecule has 1 aliphatic carbocycles. The zero-order valence-electron chi connectivity index (χ0n) is 16.3. The van der Waals surface area contributed by atoms with Crippen LogP contribution in [-0.2, 0) is 11.3 Å². The third-order valence-corrected chi connectivity index (χ3v) is 7.10. The first kappa shape index (κ1) is 23.8. The molecule has 3 fully saturated rings. The molecule has 2 heterocycles. The molecule has 1 atom stereocenters. The number of halogens is 3. The van der Waals surface area contributed by atoms with Gasteiger partial charge in [0.25, 0.3) is 0 Å². The fourth-order valence-corrected chi connectivity index (χ4v) is 4.98. The standard InChI is InChI=1S/C21H30ClN3O.2ClH/c22-19-4-2-1-3-17(19)15-25-11-5-16(6-12-25)14-24-20(26)18-13-21(18)7-9-23-10-8-21;;/h1-4,16,18,23H,5-15H2,(H,24,26);2*1H. The largest absolute Gasteiger partial charge is 0.356 e.